The van der Waals surface area contributed by atoms with Gasteiger partial charge < -0.3 is 15.2 Å². The van der Waals surface area contributed by atoms with Crippen LogP contribution in [0, 0.1) is 0 Å². The average Bonchev–Trinajstić information content (AvgIpc) is 2.42. The molecule has 0 bridgehead atoms. The Morgan fingerprint density at radius 1 is 1.00 bits per heavy atom. The molecule has 0 aliphatic heterocycles. The fraction of sp³-hybridized carbons (Fsp3) is 0.625. The van der Waals surface area contributed by atoms with E-state index in [1.54, 1.807) is 14.2 Å². The van der Waals surface area contributed by atoms with Crippen LogP contribution in [0.3, 0.4) is 0 Å². The minimum Gasteiger partial charge on any atom is -0.398 e. The van der Waals surface area contributed by atoms with Gasteiger partial charge in [0.25, 0.3) is 0 Å². The fourth-order valence-electron chi connectivity index (χ4n) is 2.56. The summed E-state index contributed by atoms with van der Waals surface area (Å²) in [4.78, 5) is 0. The van der Waals surface area contributed by atoms with Crippen LogP contribution in [0.5, 0.6) is 0 Å². The Morgan fingerprint density at radius 3 is 2.11 bits per heavy atom. The van der Waals surface area contributed by atoms with Crippen molar-refractivity contribution in [1.29, 1.82) is 0 Å². The molecule has 1 aromatic rings. The Balaban J connectivity index is 3.19. The van der Waals surface area contributed by atoms with Gasteiger partial charge in [-0.25, -0.2) is 0 Å². The van der Waals surface area contributed by atoms with Gasteiger partial charge in [-0.2, -0.15) is 0 Å². The number of nitrogens with two attached hydrogens (primary N) is 1. The molecule has 3 nitrogen and oxygen atoms in total. The highest BCUT2D eigenvalue weighted by Gasteiger charge is 2.22. The summed E-state index contributed by atoms with van der Waals surface area (Å²) in [7, 11) is 3.51. The predicted octanol–water partition coefficient (Wildman–Crippen LogP) is 4.24. The van der Waals surface area contributed by atoms with Gasteiger partial charge in [0.05, 0.1) is 12.2 Å². The molecule has 0 heterocycles. The molecule has 0 saturated carbocycles. The Hall–Kier alpha value is -1.06. The second kappa shape index (κ2) is 8.18. The molecule has 0 saturated heterocycles. The number of rotatable bonds is 8. The van der Waals surface area contributed by atoms with Crippen molar-refractivity contribution in [3.8, 4) is 0 Å². The summed E-state index contributed by atoms with van der Waals surface area (Å²) in [5, 5.41) is 0. The van der Waals surface area contributed by atoms with E-state index >= 15 is 0 Å². The van der Waals surface area contributed by atoms with Crippen LogP contribution >= 0.6 is 0 Å². The zero-order valence-corrected chi connectivity index (χ0v) is 12.6. The zero-order valence-electron chi connectivity index (χ0n) is 12.6. The number of benzene rings is 1. The van der Waals surface area contributed by atoms with Crippen LogP contribution in [0.1, 0.15) is 62.9 Å². The van der Waals surface area contributed by atoms with Gasteiger partial charge >= 0.3 is 0 Å². The minimum atomic E-state index is 0.0516. The summed E-state index contributed by atoms with van der Waals surface area (Å²) in [6.07, 6.45) is 4.26. The van der Waals surface area contributed by atoms with E-state index < -0.39 is 0 Å². The van der Waals surface area contributed by atoms with Gasteiger partial charge in [-0.3, -0.25) is 0 Å². The number of hydrogen-bond donors (Lipinski definition) is 1. The van der Waals surface area contributed by atoms with Crippen molar-refractivity contribution in [3.05, 3.63) is 29.3 Å². The smallest absolute Gasteiger partial charge is 0.0844 e. The molecule has 19 heavy (non-hydrogen) atoms. The number of ether oxygens (including phenoxy) is 2. The van der Waals surface area contributed by atoms with Crippen molar-refractivity contribution >= 4 is 5.69 Å². The molecule has 1 rings (SSSR count). The minimum absolute atomic E-state index is 0.0516. The van der Waals surface area contributed by atoms with Crippen LogP contribution < -0.4 is 5.73 Å². The topological polar surface area (TPSA) is 44.5 Å². The lowest BCUT2D eigenvalue weighted by Gasteiger charge is -2.25. The highest BCUT2D eigenvalue weighted by Crippen LogP contribution is 2.36. The third-order valence-corrected chi connectivity index (χ3v) is 3.51. The highest BCUT2D eigenvalue weighted by atomic mass is 16.5. The van der Waals surface area contributed by atoms with E-state index in [0.717, 1.165) is 36.9 Å². The first-order chi connectivity index (χ1) is 9.19. The molecule has 0 aliphatic carbocycles. The molecule has 0 aliphatic rings. The lowest BCUT2D eigenvalue weighted by atomic mass is 9.92. The molecule has 0 radical (unpaired) electrons. The largest absolute Gasteiger partial charge is 0.398 e. The first-order valence-electron chi connectivity index (χ1n) is 7.13. The van der Waals surface area contributed by atoms with Crippen molar-refractivity contribution in [3.63, 3.8) is 0 Å². The molecule has 2 unspecified atom stereocenters. The van der Waals surface area contributed by atoms with Crippen LogP contribution in [0.25, 0.3) is 0 Å². The van der Waals surface area contributed by atoms with E-state index in [2.05, 4.69) is 19.9 Å². The molecule has 3 heteroatoms. The lowest BCUT2D eigenvalue weighted by molar-refractivity contribution is 0.0764. The summed E-state index contributed by atoms with van der Waals surface area (Å²) in [6.45, 7) is 4.32. The summed E-state index contributed by atoms with van der Waals surface area (Å²) in [6, 6.07) is 6.05. The van der Waals surface area contributed by atoms with E-state index in [9.17, 15) is 0 Å². The Morgan fingerprint density at radius 2 is 1.58 bits per heavy atom. The van der Waals surface area contributed by atoms with Gasteiger partial charge in [-0.15, -0.1) is 0 Å². The zero-order chi connectivity index (χ0) is 14.3. The van der Waals surface area contributed by atoms with E-state index in [1.165, 1.54) is 5.56 Å². The third kappa shape index (κ3) is 3.95. The maximum absolute atomic E-state index is 6.18. The first kappa shape index (κ1) is 16.0. The summed E-state index contributed by atoms with van der Waals surface area (Å²) in [5.74, 6) is 0. The molecular weight excluding hydrogens is 238 g/mol. The van der Waals surface area contributed by atoms with Crippen molar-refractivity contribution in [2.75, 3.05) is 20.0 Å². The number of anilines is 1. The van der Waals surface area contributed by atoms with Gasteiger partial charge in [-0.05, 0) is 24.5 Å². The monoisotopic (exact) mass is 265 g/mol. The van der Waals surface area contributed by atoms with Gasteiger partial charge in [0.1, 0.15) is 0 Å². The second-order valence-electron chi connectivity index (χ2n) is 4.88. The quantitative estimate of drug-likeness (QED) is 0.715. The molecular formula is C16H27NO2. The standard InChI is InChI=1S/C16H27NO2/c1-5-8-14(18-3)12-10-7-11-13(17)16(12)15(19-4)9-6-2/h7,10-11,14-15H,5-6,8-9,17H2,1-4H3. The molecule has 0 fully saturated rings. The Kier molecular flexibility index (Phi) is 6.89. The summed E-state index contributed by atoms with van der Waals surface area (Å²) < 4.78 is 11.3. The third-order valence-electron chi connectivity index (χ3n) is 3.51. The lowest BCUT2D eigenvalue weighted by Crippen LogP contribution is -2.12. The Labute approximate surface area is 117 Å². The van der Waals surface area contributed by atoms with Crippen LogP contribution in [0.15, 0.2) is 18.2 Å². The normalized spacial score (nSPS) is 14.3. The molecule has 2 atom stereocenters. The van der Waals surface area contributed by atoms with Crippen molar-refractivity contribution in [2.24, 2.45) is 0 Å². The molecule has 0 amide bonds. The van der Waals surface area contributed by atoms with Crippen LogP contribution in [0.4, 0.5) is 5.69 Å². The summed E-state index contributed by atoms with van der Waals surface area (Å²) >= 11 is 0. The number of hydrogen-bond acceptors (Lipinski definition) is 3. The van der Waals surface area contributed by atoms with Crippen molar-refractivity contribution < 1.29 is 9.47 Å². The first-order valence-corrected chi connectivity index (χ1v) is 7.13. The maximum Gasteiger partial charge on any atom is 0.0844 e. The van der Waals surface area contributed by atoms with Crippen LogP contribution in [0.2, 0.25) is 0 Å². The van der Waals surface area contributed by atoms with Crippen molar-refractivity contribution in [1.82, 2.24) is 0 Å². The maximum atomic E-state index is 6.18. The molecule has 0 aromatic heterocycles. The molecule has 1 aromatic carbocycles. The van der Waals surface area contributed by atoms with Gasteiger partial charge in [0, 0.05) is 25.5 Å². The van der Waals surface area contributed by atoms with Crippen LogP contribution in [-0.4, -0.2) is 14.2 Å². The van der Waals surface area contributed by atoms with E-state index in [-0.39, 0.29) is 12.2 Å². The SMILES string of the molecule is CCCC(OC)c1cccc(N)c1C(CCC)OC. The van der Waals surface area contributed by atoms with E-state index in [0.29, 0.717) is 0 Å². The van der Waals surface area contributed by atoms with E-state index in [4.69, 9.17) is 15.2 Å². The summed E-state index contributed by atoms with van der Waals surface area (Å²) in [5.41, 5.74) is 9.26. The number of nitrogen functional groups attached to an aromatic ring is 1. The van der Waals surface area contributed by atoms with Gasteiger partial charge in [0.15, 0.2) is 0 Å². The van der Waals surface area contributed by atoms with E-state index in [1.807, 2.05) is 12.1 Å². The number of methoxy groups -OCH3 is 2. The average molecular weight is 265 g/mol. The molecule has 0 spiro atoms. The van der Waals surface area contributed by atoms with Gasteiger partial charge in [-0.1, -0.05) is 38.8 Å². The fourth-order valence-corrected chi connectivity index (χ4v) is 2.56. The highest BCUT2D eigenvalue weighted by molar-refractivity contribution is 5.53. The van der Waals surface area contributed by atoms with Crippen molar-refractivity contribution in [2.45, 2.75) is 51.7 Å². The molecule has 2 N–H and O–H groups in total. The Bertz CT molecular complexity index is 379. The second-order valence-corrected chi connectivity index (χ2v) is 4.88. The molecule has 108 valence electrons. The van der Waals surface area contributed by atoms with Crippen LogP contribution in [-0.2, 0) is 9.47 Å². The van der Waals surface area contributed by atoms with Gasteiger partial charge in [0.2, 0.25) is 0 Å². The predicted molar refractivity (Wildman–Crippen MR) is 80.2 cm³/mol.